The molecule has 0 aromatic heterocycles. The third kappa shape index (κ3) is 5.25. The van der Waals surface area contributed by atoms with Crippen LogP contribution in [0.5, 0.6) is 0 Å². The van der Waals surface area contributed by atoms with Gasteiger partial charge in [-0.1, -0.05) is 18.2 Å². The van der Waals surface area contributed by atoms with E-state index in [1.54, 1.807) is 16.8 Å². The number of para-hydroxylation sites is 1. The van der Waals surface area contributed by atoms with E-state index in [0.717, 1.165) is 24.9 Å². The highest BCUT2D eigenvalue weighted by atomic mass is 19.1. The number of urea groups is 1. The SMILES string of the molecule is CN(C(=O)N1CCC(CC(=O)N(c2ccccc2)C2CCOC3(CC3)C2)(C(=O)O)CC1)c1ccc(F)cc1. The van der Waals surface area contributed by atoms with Gasteiger partial charge in [-0.25, -0.2) is 9.18 Å². The van der Waals surface area contributed by atoms with Crippen molar-refractivity contribution in [3.05, 3.63) is 60.4 Å². The minimum atomic E-state index is -1.25. The molecule has 1 aliphatic carbocycles. The van der Waals surface area contributed by atoms with Gasteiger partial charge < -0.3 is 19.6 Å². The minimum Gasteiger partial charge on any atom is -0.481 e. The Hall–Kier alpha value is -3.46. The van der Waals surface area contributed by atoms with Crippen LogP contribution in [0.4, 0.5) is 20.6 Å². The van der Waals surface area contributed by atoms with Crippen LogP contribution in [-0.4, -0.2) is 66.3 Å². The Bertz CT molecular complexity index is 1180. The molecule has 2 aromatic carbocycles. The largest absolute Gasteiger partial charge is 0.481 e. The van der Waals surface area contributed by atoms with E-state index >= 15 is 0 Å². The molecule has 1 atom stereocenters. The first kappa shape index (κ1) is 26.2. The number of amides is 3. The lowest BCUT2D eigenvalue weighted by Gasteiger charge is -2.42. The summed E-state index contributed by atoms with van der Waals surface area (Å²) >= 11 is 0. The first-order valence-electron chi connectivity index (χ1n) is 13.2. The molecular weight excluding hydrogens is 489 g/mol. The molecule has 2 aromatic rings. The number of carbonyl (C=O) groups is 3. The second-order valence-electron chi connectivity index (χ2n) is 10.8. The molecule has 0 radical (unpaired) electrons. The van der Waals surface area contributed by atoms with Crippen LogP contribution in [0.2, 0.25) is 0 Å². The standard InChI is InChI=1S/C29H34FN3O5/c1-31(22-9-7-21(30)8-10-22)27(37)32-16-14-28(15-17-32,26(35)36)20-25(34)33(23-5-3-2-4-6-23)24-11-18-38-29(19-24)12-13-29/h2-10,24H,11-20H2,1H3,(H,35,36). The molecule has 1 spiro atoms. The number of carboxylic acid groups (broad SMARTS) is 1. The average Bonchev–Trinajstić information content (AvgIpc) is 3.67. The number of nitrogens with zero attached hydrogens (tertiary/aromatic N) is 3. The second-order valence-corrected chi connectivity index (χ2v) is 10.8. The molecule has 2 saturated heterocycles. The maximum absolute atomic E-state index is 13.9. The number of aliphatic carboxylic acids is 1. The zero-order valence-corrected chi connectivity index (χ0v) is 21.6. The molecule has 1 saturated carbocycles. The summed E-state index contributed by atoms with van der Waals surface area (Å²) in [6, 6.07) is 14.8. The van der Waals surface area contributed by atoms with Crippen molar-refractivity contribution >= 4 is 29.3 Å². The van der Waals surface area contributed by atoms with Gasteiger partial charge in [0.25, 0.3) is 0 Å². The number of piperidine rings is 1. The molecule has 1 unspecified atom stereocenters. The highest BCUT2D eigenvalue weighted by Crippen LogP contribution is 2.48. The quantitative estimate of drug-likeness (QED) is 0.594. The highest BCUT2D eigenvalue weighted by molar-refractivity contribution is 5.97. The van der Waals surface area contributed by atoms with Crippen molar-refractivity contribution in [2.75, 3.05) is 36.5 Å². The monoisotopic (exact) mass is 523 g/mol. The lowest BCUT2D eigenvalue weighted by molar-refractivity contribution is -0.154. The zero-order valence-electron chi connectivity index (χ0n) is 21.6. The number of halogens is 1. The van der Waals surface area contributed by atoms with Crippen LogP contribution in [0.3, 0.4) is 0 Å². The van der Waals surface area contributed by atoms with Crippen LogP contribution in [0, 0.1) is 11.2 Å². The fraction of sp³-hybridized carbons (Fsp3) is 0.483. The van der Waals surface area contributed by atoms with Crippen molar-refractivity contribution in [1.82, 2.24) is 4.90 Å². The van der Waals surface area contributed by atoms with E-state index < -0.39 is 11.4 Å². The Labute approximate surface area is 222 Å². The van der Waals surface area contributed by atoms with Crippen LogP contribution in [0.1, 0.15) is 44.9 Å². The van der Waals surface area contributed by atoms with E-state index in [1.165, 1.54) is 29.2 Å². The van der Waals surface area contributed by atoms with Crippen LogP contribution in [0.15, 0.2) is 54.6 Å². The highest BCUT2D eigenvalue weighted by Gasteiger charge is 2.51. The summed E-state index contributed by atoms with van der Waals surface area (Å²) in [4.78, 5) is 44.4. The third-order valence-corrected chi connectivity index (χ3v) is 8.38. The minimum absolute atomic E-state index is 0.0435. The van der Waals surface area contributed by atoms with Gasteiger partial charge in [-0.3, -0.25) is 14.5 Å². The molecule has 2 aliphatic heterocycles. The van der Waals surface area contributed by atoms with E-state index in [1.807, 2.05) is 30.3 Å². The number of hydrogen-bond acceptors (Lipinski definition) is 4. The summed E-state index contributed by atoms with van der Waals surface area (Å²) in [5, 5.41) is 10.3. The van der Waals surface area contributed by atoms with E-state index in [4.69, 9.17) is 4.74 Å². The second kappa shape index (κ2) is 10.4. The summed E-state index contributed by atoms with van der Waals surface area (Å²) in [7, 11) is 1.61. The molecule has 9 heteroatoms. The normalized spacial score (nSPS) is 21.5. The summed E-state index contributed by atoms with van der Waals surface area (Å²) in [5.74, 6) is -1.60. The van der Waals surface area contributed by atoms with Gasteiger partial charge >= 0.3 is 12.0 Å². The molecule has 0 bridgehead atoms. The molecule has 5 rings (SSSR count). The van der Waals surface area contributed by atoms with Gasteiger partial charge in [0.2, 0.25) is 5.91 Å². The van der Waals surface area contributed by atoms with Gasteiger partial charge in [-0.05, 0) is 74.9 Å². The fourth-order valence-corrected chi connectivity index (χ4v) is 5.81. The molecule has 2 heterocycles. The summed E-state index contributed by atoms with van der Waals surface area (Å²) in [6.07, 6.45) is 3.68. The molecular formula is C29H34FN3O5. The van der Waals surface area contributed by atoms with Gasteiger partial charge in [-0.15, -0.1) is 0 Å². The van der Waals surface area contributed by atoms with Crippen molar-refractivity contribution in [2.24, 2.45) is 5.41 Å². The predicted octanol–water partition coefficient (Wildman–Crippen LogP) is 4.68. The number of benzene rings is 2. The van der Waals surface area contributed by atoms with Gasteiger partial charge in [-0.2, -0.15) is 0 Å². The third-order valence-electron chi connectivity index (χ3n) is 8.38. The number of ether oxygens (including phenoxy) is 1. The first-order chi connectivity index (χ1) is 18.2. The average molecular weight is 524 g/mol. The summed E-state index contributed by atoms with van der Waals surface area (Å²) in [5.41, 5.74) is -0.0693. The van der Waals surface area contributed by atoms with E-state index in [9.17, 15) is 23.9 Å². The number of carbonyl (C=O) groups excluding carboxylic acids is 2. The summed E-state index contributed by atoms with van der Waals surface area (Å²) in [6.45, 7) is 1.02. The maximum Gasteiger partial charge on any atom is 0.324 e. The van der Waals surface area contributed by atoms with Crippen LogP contribution in [-0.2, 0) is 14.3 Å². The first-order valence-corrected chi connectivity index (χ1v) is 13.2. The van der Waals surface area contributed by atoms with Crippen molar-refractivity contribution in [2.45, 2.75) is 56.6 Å². The van der Waals surface area contributed by atoms with Crippen LogP contribution >= 0.6 is 0 Å². The van der Waals surface area contributed by atoms with Crippen molar-refractivity contribution in [3.63, 3.8) is 0 Å². The zero-order chi connectivity index (χ0) is 26.9. The lowest BCUT2D eigenvalue weighted by Crippen LogP contribution is -2.53. The van der Waals surface area contributed by atoms with E-state index in [-0.39, 0.29) is 61.8 Å². The van der Waals surface area contributed by atoms with Crippen molar-refractivity contribution in [1.29, 1.82) is 0 Å². The predicted molar refractivity (Wildman–Crippen MR) is 141 cm³/mol. The number of rotatable bonds is 6. The Morgan fingerprint density at radius 3 is 2.26 bits per heavy atom. The lowest BCUT2D eigenvalue weighted by atomic mass is 9.75. The molecule has 1 N–H and O–H groups in total. The number of likely N-dealkylation sites (tertiary alicyclic amines) is 1. The number of carboxylic acids is 1. The molecule has 38 heavy (non-hydrogen) atoms. The summed E-state index contributed by atoms with van der Waals surface area (Å²) < 4.78 is 19.3. The molecule has 202 valence electrons. The number of hydrogen-bond donors (Lipinski definition) is 1. The van der Waals surface area contributed by atoms with Gasteiger partial charge in [0, 0.05) is 50.6 Å². The topological polar surface area (TPSA) is 90.4 Å². The van der Waals surface area contributed by atoms with E-state index in [2.05, 4.69) is 0 Å². The molecule has 3 amide bonds. The Balaban J connectivity index is 1.30. The van der Waals surface area contributed by atoms with Gasteiger partial charge in [0.05, 0.1) is 11.0 Å². The fourth-order valence-electron chi connectivity index (χ4n) is 5.81. The van der Waals surface area contributed by atoms with Crippen LogP contribution in [0.25, 0.3) is 0 Å². The van der Waals surface area contributed by atoms with Crippen molar-refractivity contribution < 1.29 is 28.6 Å². The van der Waals surface area contributed by atoms with Gasteiger partial charge in [0.1, 0.15) is 5.82 Å². The number of anilines is 2. The smallest absolute Gasteiger partial charge is 0.324 e. The Kier molecular flexibility index (Phi) is 7.13. The Morgan fingerprint density at radius 2 is 1.66 bits per heavy atom. The Morgan fingerprint density at radius 1 is 1.00 bits per heavy atom. The van der Waals surface area contributed by atoms with Gasteiger partial charge in [0.15, 0.2) is 0 Å². The van der Waals surface area contributed by atoms with E-state index in [0.29, 0.717) is 18.7 Å². The van der Waals surface area contributed by atoms with Crippen LogP contribution < -0.4 is 9.80 Å². The molecule has 3 aliphatic rings. The molecule has 8 nitrogen and oxygen atoms in total. The van der Waals surface area contributed by atoms with Crippen molar-refractivity contribution in [3.8, 4) is 0 Å². The maximum atomic E-state index is 13.9. The molecule has 3 fully saturated rings.